The Kier molecular flexibility index (Phi) is 9.14. The average molecular weight is 336 g/mol. The van der Waals surface area contributed by atoms with Gasteiger partial charge in [-0.25, -0.2) is 0 Å². The van der Waals surface area contributed by atoms with Gasteiger partial charge in [0.2, 0.25) is 5.91 Å². The van der Waals surface area contributed by atoms with Crippen molar-refractivity contribution in [2.24, 2.45) is 0 Å². The van der Waals surface area contributed by atoms with E-state index in [4.69, 9.17) is 9.47 Å². The number of methoxy groups -OCH3 is 1. The molecule has 0 atom stereocenters. The van der Waals surface area contributed by atoms with Gasteiger partial charge in [-0.2, -0.15) is 0 Å². The lowest BCUT2D eigenvalue weighted by molar-refractivity contribution is -0.145. The Bertz CT molecular complexity index is 542. The summed E-state index contributed by atoms with van der Waals surface area (Å²) < 4.78 is 9.63. The number of amides is 2. The minimum Gasteiger partial charge on any atom is -0.463 e. The van der Waals surface area contributed by atoms with Gasteiger partial charge in [-0.15, -0.1) is 0 Å². The predicted octanol–water partition coefficient (Wildman–Crippen LogP) is 1.73. The van der Waals surface area contributed by atoms with Gasteiger partial charge in [0.15, 0.2) is 0 Å². The highest BCUT2D eigenvalue weighted by atomic mass is 16.6. The van der Waals surface area contributed by atoms with Crippen molar-refractivity contribution in [1.29, 1.82) is 0 Å². The maximum absolute atomic E-state index is 11.8. The van der Waals surface area contributed by atoms with Crippen molar-refractivity contribution in [2.45, 2.75) is 26.2 Å². The molecule has 0 aliphatic carbocycles. The molecule has 0 unspecified atom stereocenters. The van der Waals surface area contributed by atoms with Gasteiger partial charge < -0.3 is 20.1 Å². The molecular formula is C17H24N2O5. The molecule has 2 N–H and O–H groups in total. The molecule has 0 fully saturated rings. The van der Waals surface area contributed by atoms with Crippen LogP contribution in [0.25, 0.3) is 0 Å². The Balaban J connectivity index is 2.36. The lowest BCUT2D eigenvalue weighted by atomic mass is 10.2. The fraction of sp³-hybridized carbons (Fsp3) is 0.471. The standard InChI is InChI=1S/C17H24N2O5/c1-3-10-18-17(22)13-4-6-14(7-5-13)19-15(20)8-9-16(21)24-12-11-23-2/h4-7H,3,8-12H2,1-2H3,(H,18,22)(H,19,20). The molecule has 0 aliphatic heterocycles. The van der Waals surface area contributed by atoms with E-state index in [1.165, 1.54) is 7.11 Å². The second kappa shape index (κ2) is 11.2. The molecule has 0 heterocycles. The van der Waals surface area contributed by atoms with E-state index in [0.717, 1.165) is 6.42 Å². The van der Waals surface area contributed by atoms with Crippen molar-refractivity contribution in [2.75, 3.05) is 32.2 Å². The van der Waals surface area contributed by atoms with E-state index in [-0.39, 0.29) is 31.3 Å². The number of ether oxygens (including phenoxy) is 2. The monoisotopic (exact) mass is 336 g/mol. The molecule has 1 aromatic rings. The molecule has 2 amide bonds. The molecule has 0 saturated carbocycles. The van der Waals surface area contributed by atoms with Crippen molar-refractivity contribution in [3.05, 3.63) is 29.8 Å². The number of benzene rings is 1. The summed E-state index contributed by atoms with van der Waals surface area (Å²) in [6.45, 7) is 3.11. The van der Waals surface area contributed by atoms with Crippen LogP contribution in [0.4, 0.5) is 5.69 Å². The topological polar surface area (TPSA) is 93.7 Å². The zero-order valence-electron chi connectivity index (χ0n) is 14.1. The molecule has 0 spiro atoms. The van der Waals surface area contributed by atoms with Gasteiger partial charge in [0.1, 0.15) is 6.61 Å². The van der Waals surface area contributed by atoms with Crippen LogP contribution in [-0.4, -0.2) is 44.7 Å². The molecule has 132 valence electrons. The zero-order chi connectivity index (χ0) is 17.8. The third-order valence-electron chi connectivity index (χ3n) is 3.07. The highest BCUT2D eigenvalue weighted by Crippen LogP contribution is 2.10. The number of hydrogen-bond acceptors (Lipinski definition) is 5. The quantitative estimate of drug-likeness (QED) is 0.501. The summed E-state index contributed by atoms with van der Waals surface area (Å²) in [4.78, 5) is 34.9. The summed E-state index contributed by atoms with van der Waals surface area (Å²) >= 11 is 0. The van der Waals surface area contributed by atoms with Crippen LogP contribution in [0.3, 0.4) is 0 Å². The molecule has 1 aromatic carbocycles. The van der Waals surface area contributed by atoms with E-state index in [9.17, 15) is 14.4 Å². The normalized spacial score (nSPS) is 10.1. The molecule has 0 bridgehead atoms. The summed E-state index contributed by atoms with van der Waals surface area (Å²) in [5.41, 5.74) is 1.10. The lowest BCUT2D eigenvalue weighted by Crippen LogP contribution is -2.23. The minimum absolute atomic E-state index is 0.00700. The third kappa shape index (κ3) is 7.73. The van der Waals surface area contributed by atoms with Crippen molar-refractivity contribution in [3.8, 4) is 0 Å². The minimum atomic E-state index is -0.440. The van der Waals surface area contributed by atoms with Crippen molar-refractivity contribution >= 4 is 23.5 Å². The first-order valence-corrected chi connectivity index (χ1v) is 7.89. The Morgan fingerprint density at radius 3 is 2.38 bits per heavy atom. The number of esters is 1. The van der Waals surface area contributed by atoms with E-state index < -0.39 is 5.97 Å². The van der Waals surface area contributed by atoms with E-state index >= 15 is 0 Å². The number of rotatable bonds is 10. The summed E-state index contributed by atoms with van der Waals surface area (Å²) in [6, 6.07) is 6.57. The van der Waals surface area contributed by atoms with Crippen molar-refractivity contribution < 1.29 is 23.9 Å². The number of carbonyl (C=O) groups excluding carboxylic acids is 3. The maximum atomic E-state index is 11.8. The Morgan fingerprint density at radius 2 is 1.75 bits per heavy atom. The maximum Gasteiger partial charge on any atom is 0.306 e. The Labute approximate surface area is 141 Å². The van der Waals surface area contributed by atoms with Gasteiger partial charge in [0, 0.05) is 31.3 Å². The molecule has 0 aromatic heterocycles. The van der Waals surface area contributed by atoms with Crippen LogP contribution in [-0.2, 0) is 19.1 Å². The molecule has 0 aliphatic rings. The second-order valence-corrected chi connectivity index (χ2v) is 5.09. The second-order valence-electron chi connectivity index (χ2n) is 5.09. The molecule has 24 heavy (non-hydrogen) atoms. The van der Waals surface area contributed by atoms with Crippen molar-refractivity contribution in [1.82, 2.24) is 5.32 Å². The highest BCUT2D eigenvalue weighted by Gasteiger charge is 2.09. The molecule has 1 rings (SSSR count). The Hall–Kier alpha value is -2.41. The largest absolute Gasteiger partial charge is 0.463 e. The van der Waals surface area contributed by atoms with Crippen LogP contribution < -0.4 is 10.6 Å². The fourth-order valence-electron chi connectivity index (χ4n) is 1.80. The van der Waals surface area contributed by atoms with Crippen LogP contribution in [0.2, 0.25) is 0 Å². The predicted molar refractivity (Wildman–Crippen MR) is 89.8 cm³/mol. The SMILES string of the molecule is CCCNC(=O)c1ccc(NC(=O)CCC(=O)OCCOC)cc1. The number of hydrogen-bond donors (Lipinski definition) is 2. The van der Waals surface area contributed by atoms with Crippen LogP contribution >= 0.6 is 0 Å². The van der Waals surface area contributed by atoms with Gasteiger partial charge in [-0.05, 0) is 30.7 Å². The van der Waals surface area contributed by atoms with E-state index in [0.29, 0.717) is 24.4 Å². The van der Waals surface area contributed by atoms with E-state index in [1.807, 2.05) is 6.92 Å². The van der Waals surface area contributed by atoms with Crippen LogP contribution in [0, 0.1) is 0 Å². The number of carbonyl (C=O) groups is 3. The van der Waals surface area contributed by atoms with Crippen LogP contribution in [0.5, 0.6) is 0 Å². The summed E-state index contributed by atoms with van der Waals surface area (Å²) in [6.07, 6.45) is 0.908. The highest BCUT2D eigenvalue weighted by molar-refractivity contribution is 5.96. The summed E-state index contributed by atoms with van der Waals surface area (Å²) in [7, 11) is 1.51. The molecular weight excluding hydrogens is 312 g/mol. The first-order valence-electron chi connectivity index (χ1n) is 7.89. The smallest absolute Gasteiger partial charge is 0.306 e. The van der Waals surface area contributed by atoms with E-state index in [1.54, 1.807) is 24.3 Å². The number of nitrogens with one attached hydrogen (secondary N) is 2. The number of anilines is 1. The van der Waals surface area contributed by atoms with Gasteiger partial charge in [-0.3, -0.25) is 14.4 Å². The Morgan fingerprint density at radius 1 is 1.04 bits per heavy atom. The first-order chi connectivity index (χ1) is 11.6. The van der Waals surface area contributed by atoms with Gasteiger partial charge >= 0.3 is 5.97 Å². The third-order valence-corrected chi connectivity index (χ3v) is 3.07. The molecule has 0 radical (unpaired) electrons. The van der Waals surface area contributed by atoms with E-state index in [2.05, 4.69) is 10.6 Å². The first kappa shape index (κ1) is 19.6. The summed E-state index contributed by atoms with van der Waals surface area (Å²) in [5, 5.41) is 5.45. The average Bonchev–Trinajstić information content (AvgIpc) is 2.58. The van der Waals surface area contributed by atoms with Gasteiger partial charge in [0.05, 0.1) is 13.0 Å². The molecule has 7 nitrogen and oxygen atoms in total. The van der Waals surface area contributed by atoms with Crippen LogP contribution in [0.1, 0.15) is 36.5 Å². The van der Waals surface area contributed by atoms with Crippen LogP contribution in [0.15, 0.2) is 24.3 Å². The zero-order valence-corrected chi connectivity index (χ0v) is 14.1. The van der Waals surface area contributed by atoms with Gasteiger partial charge in [0.25, 0.3) is 5.91 Å². The summed E-state index contributed by atoms with van der Waals surface area (Å²) in [5.74, 6) is -0.874. The molecule has 7 heteroatoms. The lowest BCUT2D eigenvalue weighted by Gasteiger charge is -2.07. The fourth-order valence-corrected chi connectivity index (χ4v) is 1.80. The molecule has 0 saturated heterocycles. The van der Waals surface area contributed by atoms with Gasteiger partial charge in [-0.1, -0.05) is 6.92 Å². The van der Waals surface area contributed by atoms with Crippen molar-refractivity contribution in [3.63, 3.8) is 0 Å².